The lowest BCUT2D eigenvalue weighted by Gasteiger charge is -2.09. The molecule has 1 aromatic carbocycles. The molecule has 0 aliphatic rings. The molecule has 0 aliphatic heterocycles. The third kappa shape index (κ3) is 2.97. The van der Waals surface area contributed by atoms with Crippen molar-refractivity contribution in [2.45, 2.75) is 0 Å². The summed E-state index contributed by atoms with van der Waals surface area (Å²) < 4.78 is 15.0. The van der Waals surface area contributed by atoms with E-state index in [9.17, 15) is 4.39 Å². The molecule has 0 unspecified atom stereocenters. The first-order valence-corrected chi connectivity index (χ1v) is 6.61. The Hall–Kier alpha value is -1.21. The van der Waals surface area contributed by atoms with Crippen LogP contribution in [0, 0.1) is 5.82 Å². The highest BCUT2D eigenvalue weighted by Crippen LogP contribution is 2.27. The van der Waals surface area contributed by atoms with Crippen molar-refractivity contribution in [1.82, 2.24) is 9.97 Å². The van der Waals surface area contributed by atoms with Gasteiger partial charge in [0.2, 0.25) is 5.95 Å². The number of nitrogens with one attached hydrogen (secondary N) is 2. The fourth-order valence-corrected chi connectivity index (χ4v) is 1.92. The number of halogens is 3. The van der Waals surface area contributed by atoms with Crippen LogP contribution in [0.2, 0.25) is 0 Å². The molecule has 0 fully saturated rings. The second kappa shape index (κ2) is 5.62. The van der Waals surface area contributed by atoms with E-state index in [1.807, 2.05) is 0 Å². The van der Waals surface area contributed by atoms with Crippen molar-refractivity contribution >= 4 is 49.3 Å². The Morgan fingerprint density at radius 3 is 2.72 bits per heavy atom. The fourth-order valence-electron chi connectivity index (χ4n) is 1.29. The quantitative estimate of drug-likeness (QED) is 0.853. The lowest BCUT2D eigenvalue weighted by Crippen LogP contribution is -2.02. The minimum absolute atomic E-state index is 0.347. The molecule has 7 heteroatoms. The molecule has 0 saturated carbocycles. The summed E-state index contributed by atoms with van der Waals surface area (Å²) in [6.45, 7) is 0. The summed E-state index contributed by atoms with van der Waals surface area (Å²) in [4.78, 5) is 8.22. The zero-order valence-electron chi connectivity index (χ0n) is 9.34. The van der Waals surface area contributed by atoms with Crippen LogP contribution in [0.15, 0.2) is 33.3 Å². The second-order valence-corrected chi connectivity index (χ2v) is 5.16. The summed E-state index contributed by atoms with van der Waals surface area (Å²) in [5.41, 5.74) is 0.347. The first kappa shape index (κ1) is 13.2. The van der Waals surface area contributed by atoms with Crippen LogP contribution in [0.4, 0.5) is 21.8 Å². The SMILES string of the molecule is CNc1ncc(Br)c(Nc2ccc(Br)cc2F)n1. The third-order valence-electron chi connectivity index (χ3n) is 2.15. The number of aromatic nitrogens is 2. The lowest BCUT2D eigenvalue weighted by atomic mass is 10.3. The van der Waals surface area contributed by atoms with Crippen LogP contribution >= 0.6 is 31.9 Å². The monoisotopic (exact) mass is 374 g/mol. The molecule has 0 radical (unpaired) electrons. The van der Waals surface area contributed by atoms with Crippen LogP contribution in [0.25, 0.3) is 0 Å². The van der Waals surface area contributed by atoms with Crippen molar-refractivity contribution in [3.63, 3.8) is 0 Å². The fraction of sp³-hybridized carbons (Fsp3) is 0.0909. The largest absolute Gasteiger partial charge is 0.357 e. The number of hydrogen-bond acceptors (Lipinski definition) is 4. The van der Waals surface area contributed by atoms with Crippen molar-refractivity contribution in [3.05, 3.63) is 39.2 Å². The summed E-state index contributed by atoms with van der Waals surface area (Å²) in [6, 6.07) is 4.77. The van der Waals surface area contributed by atoms with Crippen LogP contribution in [0.3, 0.4) is 0 Å². The van der Waals surface area contributed by atoms with E-state index in [1.165, 1.54) is 6.07 Å². The van der Waals surface area contributed by atoms with E-state index in [0.29, 0.717) is 26.4 Å². The number of benzene rings is 1. The molecule has 2 aromatic rings. The highest BCUT2D eigenvalue weighted by atomic mass is 79.9. The molecule has 0 aliphatic carbocycles. The molecule has 2 rings (SSSR count). The van der Waals surface area contributed by atoms with E-state index >= 15 is 0 Å². The molecule has 1 aromatic heterocycles. The maximum Gasteiger partial charge on any atom is 0.224 e. The Morgan fingerprint density at radius 1 is 1.28 bits per heavy atom. The zero-order chi connectivity index (χ0) is 13.1. The Bertz CT molecular complexity index is 577. The van der Waals surface area contributed by atoms with Gasteiger partial charge in [-0.3, -0.25) is 0 Å². The van der Waals surface area contributed by atoms with Crippen LogP contribution in [-0.2, 0) is 0 Å². The van der Waals surface area contributed by atoms with Crippen LogP contribution in [0.1, 0.15) is 0 Å². The second-order valence-electron chi connectivity index (χ2n) is 3.39. The van der Waals surface area contributed by atoms with Gasteiger partial charge in [-0.05, 0) is 34.1 Å². The smallest absolute Gasteiger partial charge is 0.224 e. The zero-order valence-corrected chi connectivity index (χ0v) is 12.5. The molecule has 2 N–H and O–H groups in total. The Morgan fingerprint density at radius 2 is 2.06 bits per heavy atom. The van der Waals surface area contributed by atoms with Crippen LogP contribution in [0.5, 0.6) is 0 Å². The van der Waals surface area contributed by atoms with Gasteiger partial charge >= 0.3 is 0 Å². The van der Waals surface area contributed by atoms with Gasteiger partial charge in [-0.2, -0.15) is 4.98 Å². The average molecular weight is 376 g/mol. The van der Waals surface area contributed by atoms with E-state index in [0.717, 1.165) is 0 Å². The maximum absolute atomic E-state index is 13.7. The van der Waals surface area contributed by atoms with Crippen molar-refractivity contribution in [2.75, 3.05) is 17.7 Å². The summed E-state index contributed by atoms with van der Waals surface area (Å²) in [5.74, 6) is 0.592. The predicted octanol–water partition coefficient (Wildman–Crippen LogP) is 3.93. The van der Waals surface area contributed by atoms with Crippen molar-refractivity contribution < 1.29 is 4.39 Å². The Kier molecular flexibility index (Phi) is 4.13. The van der Waals surface area contributed by atoms with Crippen LogP contribution < -0.4 is 10.6 Å². The minimum atomic E-state index is -0.360. The summed E-state index contributed by atoms with van der Waals surface area (Å²) in [6.07, 6.45) is 1.60. The molecular formula is C11H9Br2FN4. The predicted molar refractivity (Wildman–Crippen MR) is 76.7 cm³/mol. The molecule has 4 nitrogen and oxygen atoms in total. The molecule has 0 amide bonds. The molecule has 94 valence electrons. The molecule has 18 heavy (non-hydrogen) atoms. The lowest BCUT2D eigenvalue weighted by molar-refractivity contribution is 0.631. The number of hydrogen-bond donors (Lipinski definition) is 2. The number of nitrogens with zero attached hydrogens (tertiary/aromatic N) is 2. The van der Waals surface area contributed by atoms with Gasteiger partial charge in [0.1, 0.15) is 11.6 Å². The standard InChI is InChI=1S/C11H9Br2FN4/c1-15-11-16-5-7(13)10(18-11)17-9-3-2-6(12)4-8(9)14/h2-5H,1H3,(H2,15,16,17,18). The number of rotatable bonds is 3. The molecule has 0 bridgehead atoms. The van der Waals surface area contributed by atoms with Crippen molar-refractivity contribution in [2.24, 2.45) is 0 Å². The minimum Gasteiger partial charge on any atom is -0.357 e. The van der Waals surface area contributed by atoms with Gasteiger partial charge in [0.05, 0.1) is 10.2 Å². The third-order valence-corrected chi connectivity index (χ3v) is 3.23. The van der Waals surface area contributed by atoms with Crippen molar-refractivity contribution in [1.29, 1.82) is 0 Å². The van der Waals surface area contributed by atoms with Gasteiger partial charge in [0, 0.05) is 17.7 Å². The first-order valence-electron chi connectivity index (χ1n) is 5.02. The summed E-state index contributed by atoms with van der Waals surface area (Å²) in [5, 5.41) is 5.73. The Labute approximate surface area is 120 Å². The molecule has 1 heterocycles. The highest BCUT2D eigenvalue weighted by Gasteiger charge is 2.08. The van der Waals surface area contributed by atoms with E-state index in [-0.39, 0.29) is 5.82 Å². The van der Waals surface area contributed by atoms with Gasteiger partial charge in [-0.1, -0.05) is 15.9 Å². The van der Waals surface area contributed by atoms with Gasteiger partial charge < -0.3 is 10.6 Å². The normalized spacial score (nSPS) is 10.2. The van der Waals surface area contributed by atoms with Gasteiger partial charge in [-0.25, -0.2) is 9.37 Å². The van der Waals surface area contributed by atoms with Crippen LogP contribution in [-0.4, -0.2) is 17.0 Å². The van der Waals surface area contributed by atoms with E-state index in [4.69, 9.17) is 0 Å². The Balaban J connectivity index is 2.33. The van der Waals surface area contributed by atoms with E-state index in [2.05, 4.69) is 52.5 Å². The first-order chi connectivity index (χ1) is 8.60. The number of anilines is 3. The summed E-state index contributed by atoms with van der Waals surface area (Å²) >= 11 is 6.52. The molecule has 0 atom stereocenters. The van der Waals surface area contributed by atoms with E-state index in [1.54, 1.807) is 25.4 Å². The van der Waals surface area contributed by atoms with E-state index < -0.39 is 0 Å². The van der Waals surface area contributed by atoms with Gasteiger partial charge in [0.15, 0.2) is 0 Å². The summed E-state index contributed by atoms with van der Waals surface area (Å²) in [7, 11) is 1.72. The van der Waals surface area contributed by atoms with Crippen molar-refractivity contribution in [3.8, 4) is 0 Å². The average Bonchev–Trinajstić information content (AvgIpc) is 2.35. The topological polar surface area (TPSA) is 49.8 Å². The molecule has 0 saturated heterocycles. The van der Waals surface area contributed by atoms with Gasteiger partial charge in [-0.15, -0.1) is 0 Å². The molecular weight excluding hydrogens is 367 g/mol. The maximum atomic E-state index is 13.7. The highest BCUT2D eigenvalue weighted by molar-refractivity contribution is 9.10. The molecule has 0 spiro atoms. The van der Waals surface area contributed by atoms with Gasteiger partial charge in [0.25, 0.3) is 0 Å².